The Morgan fingerprint density at radius 1 is 1.19 bits per heavy atom. The number of carboxylic acids is 1. The van der Waals surface area contributed by atoms with Crippen molar-refractivity contribution in [1.82, 2.24) is 5.32 Å². The molecule has 0 aliphatic heterocycles. The van der Waals surface area contributed by atoms with Gasteiger partial charge in [0.2, 0.25) is 0 Å². The molecule has 2 aromatic rings. The molecule has 0 bridgehead atoms. The second kappa shape index (κ2) is 5.58. The van der Waals surface area contributed by atoms with Gasteiger partial charge < -0.3 is 25.1 Å². The van der Waals surface area contributed by atoms with E-state index in [1.807, 2.05) is 0 Å². The molecule has 1 amide bonds. The fourth-order valence-corrected chi connectivity index (χ4v) is 1.78. The van der Waals surface area contributed by atoms with E-state index >= 15 is 0 Å². The zero-order valence-corrected chi connectivity index (χ0v) is 11.1. The number of amides is 1. The van der Waals surface area contributed by atoms with Crippen molar-refractivity contribution in [1.29, 1.82) is 0 Å². The molecule has 21 heavy (non-hydrogen) atoms. The number of hydrogen-bond acceptors (Lipinski definition) is 5. The maximum Gasteiger partial charge on any atom is 0.339 e. The standard InChI is InChI=1S/C14H13NO6/c1-7-10(14(19)20)5-9(21-7)6-15-13(18)8-2-3-11(16)12(17)4-8/h2-5,16-17H,6H2,1H3,(H,15,18)(H,19,20). The van der Waals surface area contributed by atoms with Gasteiger partial charge >= 0.3 is 5.97 Å². The van der Waals surface area contributed by atoms with Gasteiger partial charge in [-0.3, -0.25) is 4.79 Å². The minimum Gasteiger partial charge on any atom is -0.504 e. The van der Waals surface area contributed by atoms with Crippen LogP contribution in [0.4, 0.5) is 0 Å². The van der Waals surface area contributed by atoms with E-state index in [1.54, 1.807) is 0 Å². The van der Waals surface area contributed by atoms with Crippen molar-refractivity contribution in [3.05, 3.63) is 46.9 Å². The van der Waals surface area contributed by atoms with Crippen LogP contribution in [0.15, 0.2) is 28.7 Å². The number of carboxylic acid groups (broad SMARTS) is 1. The monoisotopic (exact) mass is 291 g/mol. The number of aromatic hydroxyl groups is 2. The Morgan fingerprint density at radius 3 is 2.48 bits per heavy atom. The van der Waals surface area contributed by atoms with E-state index in [0.717, 1.165) is 6.07 Å². The first-order valence-electron chi connectivity index (χ1n) is 6.01. The number of aryl methyl sites for hydroxylation is 1. The van der Waals surface area contributed by atoms with Gasteiger partial charge in [-0.05, 0) is 31.2 Å². The predicted octanol–water partition coefficient (Wildman–Crippen LogP) is 1.63. The molecule has 1 aromatic heterocycles. The summed E-state index contributed by atoms with van der Waals surface area (Å²) in [6.45, 7) is 1.53. The van der Waals surface area contributed by atoms with Crippen LogP contribution in [-0.4, -0.2) is 27.2 Å². The number of carbonyl (C=O) groups excluding carboxylic acids is 1. The summed E-state index contributed by atoms with van der Waals surface area (Å²) in [5.74, 6) is -1.74. The number of furan rings is 1. The van der Waals surface area contributed by atoms with E-state index in [1.165, 1.54) is 25.1 Å². The van der Waals surface area contributed by atoms with Gasteiger partial charge in [-0.1, -0.05) is 0 Å². The quantitative estimate of drug-likeness (QED) is 0.635. The topological polar surface area (TPSA) is 120 Å². The van der Waals surface area contributed by atoms with Gasteiger partial charge in [0.15, 0.2) is 11.5 Å². The summed E-state index contributed by atoms with van der Waals surface area (Å²) in [6, 6.07) is 5.01. The third-order valence-corrected chi connectivity index (χ3v) is 2.86. The third kappa shape index (κ3) is 3.14. The molecule has 0 spiro atoms. The van der Waals surface area contributed by atoms with E-state index in [2.05, 4.69) is 5.32 Å². The normalized spacial score (nSPS) is 10.3. The Labute approximate surface area is 119 Å². The van der Waals surface area contributed by atoms with E-state index in [4.69, 9.17) is 14.6 Å². The Balaban J connectivity index is 2.05. The molecular weight excluding hydrogens is 278 g/mol. The van der Waals surface area contributed by atoms with Gasteiger partial charge in [0.05, 0.1) is 6.54 Å². The van der Waals surface area contributed by atoms with Crippen molar-refractivity contribution in [3.63, 3.8) is 0 Å². The summed E-state index contributed by atoms with van der Waals surface area (Å²) in [6.07, 6.45) is 0. The van der Waals surface area contributed by atoms with Crippen LogP contribution >= 0.6 is 0 Å². The van der Waals surface area contributed by atoms with Crippen LogP contribution < -0.4 is 5.32 Å². The number of phenolic OH excluding ortho intramolecular Hbond substituents is 2. The van der Waals surface area contributed by atoms with E-state index in [9.17, 15) is 14.7 Å². The molecule has 0 fully saturated rings. The van der Waals surface area contributed by atoms with Crippen LogP contribution in [0.3, 0.4) is 0 Å². The third-order valence-electron chi connectivity index (χ3n) is 2.86. The van der Waals surface area contributed by atoms with Crippen LogP contribution in [0.5, 0.6) is 11.5 Å². The summed E-state index contributed by atoms with van der Waals surface area (Å²) in [5, 5.41) is 29.9. The second-order valence-corrected chi connectivity index (χ2v) is 4.37. The molecule has 7 nitrogen and oxygen atoms in total. The minimum absolute atomic E-state index is 0.00852. The number of nitrogens with one attached hydrogen (secondary N) is 1. The van der Waals surface area contributed by atoms with Crippen LogP contribution in [0.1, 0.15) is 32.2 Å². The molecule has 0 saturated carbocycles. The Morgan fingerprint density at radius 2 is 1.90 bits per heavy atom. The summed E-state index contributed by atoms with van der Waals surface area (Å²) in [7, 11) is 0. The van der Waals surface area contributed by atoms with Gasteiger partial charge in [0.25, 0.3) is 5.91 Å². The second-order valence-electron chi connectivity index (χ2n) is 4.37. The highest BCUT2D eigenvalue weighted by atomic mass is 16.4. The fraction of sp³-hybridized carbons (Fsp3) is 0.143. The maximum atomic E-state index is 11.8. The molecule has 0 radical (unpaired) electrons. The average Bonchev–Trinajstić information content (AvgIpc) is 2.80. The first-order chi connectivity index (χ1) is 9.88. The molecular formula is C14H13NO6. The first-order valence-corrected chi connectivity index (χ1v) is 6.01. The number of phenols is 2. The number of carbonyl (C=O) groups is 2. The summed E-state index contributed by atoms with van der Waals surface area (Å²) >= 11 is 0. The predicted molar refractivity (Wildman–Crippen MR) is 71.3 cm³/mol. The van der Waals surface area contributed by atoms with Crippen molar-refractivity contribution in [3.8, 4) is 11.5 Å². The highest BCUT2D eigenvalue weighted by molar-refractivity contribution is 5.94. The fourth-order valence-electron chi connectivity index (χ4n) is 1.78. The Hall–Kier alpha value is -2.96. The van der Waals surface area contributed by atoms with Gasteiger partial charge in [-0.25, -0.2) is 4.79 Å². The largest absolute Gasteiger partial charge is 0.504 e. The van der Waals surface area contributed by atoms with Crippen LogP contribution in [-0.2, 0) is 6.54 Å². The van der Waals surface area contributed by atoms with Crippen molar-refractivity contribution >= 4 is 11.9 Å². The summed E-state index contributed by atoms with van der Waals surface area (Å²) in [5.41, 5.74) is 0.202. The van der Waals surface area contributed by atoms with E-state index < -0.39 is 17.6 Å². The SMILES string of the molecule is Cc1oc(CNC(=O)c2ccc(O)c(O)c2)cc1C(=O)O. The van der Waals surface area contributed by atoms with Crippen LogP contribution in [0.2, 0.25) is 0 Å². The minimum atomic E-state index is -1.10. The molecule has 4 N–H and O–H groups in total. The lowest BCUT2D eigenvalue weighted by Crippen LogP contribution is -2.22. The average molecular weight is 291 g/mol. The lowest BCUT2D eigenvalue weighted by atomic mass is 10.2. The number of benzene rings is 1. The zero-order valence-electron chi connectivity index (χ0n) is 11.1. The van der Waals surface area contributed by atoms with Crippen molar-refractivity contribution in [2.75, 3.05) is 0 Å². The highest BCUT2D eigenvalue weighted by Gasteiger charge is 2.15. The van der Waals surface area contributed by atoms with Gasteiger partial charge in [0.1, 0.15) is 17.1 Å². The lowest BCUT2D eigenvalue weighted by Gasteiger charge is -2.04. The van der Waals surface area contributed by atoms with Gasteiger partial charge in [0, 0.05) is 5.56 Å². The van der Waals surface area contributed by atoms with Crippen molar-refractivity contribution < 1.29 is 29.3 Å². The highest BCUT2D eigenvalue weighted by Crippen LogP contribution is 2.24. The van der Waals surface area contributed by atoms with Crippen LogP contribution in [0, 0.1) is 6.92 Å². The smallest absolute Gasteiger partial charge is 0.339 e. The zero-order chi connectivity index (χ0) is 15.6. The molecule has 0 unspecified atom stereocenters. The molecule has 1 aromatic carbocycles. The summed E-state index contributed by atoms with van der Waals surface area (Å²) < 4.78 is 5.22. The molecule has 1 heterocycles. The Bertz CT molecular complexity index is 703. The summed E-state index contributed by atoms with van der Waals surface area (Å²) in [4.78, 5) is 22.7. The molecule has 0 aliphatic carbocycles. The van der Waals surface area contributed by atoms with E-state index in [-0.39, 0.29) is 29.2 Å². The molecule has 110 valence electrons. The van der Waals surface area contributed by atoms with Crippen molar-refractivity contribution in [2.45, 2.75) is 13.5 Å². The molecule has 7 heteroatoms. The molecule has 0 saturated heterocycles. The van der Waals surface area contributed by atoms with E-state index in [0.29, 0.717) is 5.76 Å². The number of rotatable bonds is 4. The maximum absolute atomic E-state index is 11.8. The Kier molecular flexibility index (Phi) is 3.84. The molecule has 0 aliphatic rings. The van der Waals surface area contributed by atoms with Crippen LogP contribution in [0.25, 0.3) is 0 Å². The number of aromatic carboxylic acids is 1. The van der Waals surface area contributed by atoms with Gasteiger partial charge in [-0.15, -0.1) is 0 Å². The molecule has 0 atom stereocenters. The first kappa shape index (κ1) is 14.4. The van der Waals surface area contributed by atoms with Gasteiger partial charge in [-0.2, -0.15) is 0 Å². The van der Waals surface area contributed by atoms with Crippen molar-refractivity contribution in [2.24, 2.45) is 0 Å². The lowest BCUT2D eigenvalue weighted by molar-refractivity contribution is 0.0694. The molecule has 2 rings (SSSR count). The number of hydrogen-bond donors (Lipinski definition) is 4.